The van der Waals surface area contributed by atoms with Crippen LogP contribution in [0.5, 0.6) is 0 Å². The van der Waals surface area contributed by atoms with Gasteiger partial charge in [0.15, 0.2) is 5.82 Å². The number of β-lactam (4-membered cyclic amide) rings is 1. The van der Waals surface area contributed by atoms with E-state index in [9.17, 15) is 9.59 Å². The van der Waals surface area contributed by atoms with E-state index >= 15 is 0 Å². The minimum atomic E-state index is 0.0433. The van der Waals surface area contributed by atoms with E-state index in [0.29, 0.717) is 44.2 Å². The van der Waals surface area contributed by atoms with Gasteiger partial charge in [-0.3, -0.25) is 14.6 Å². The minimum Gasteiger partial charge on any atom is -0.396 e. The van der Waals surface area contributed by atoms with Crippen LogP contribution in [0.2, 0.25) is 0 Å². The van der Waals surface area contributed by atoms with Crippen LogP contribution >= 0.6 is 0 Å². The van der Waals surface area contributed by atoms with Crippen molar-refractivity contribution < 1.29 is 9.59 Å². The van der Waals surface area contributed by atoms with Crippen molar-refractivity contribution >= 4 is 29.4 Å². The third kappa shape index (κ3) is 4.74. The Morgan fingerprint density at radius 3 is 2.74 bits per heavy atom. The average Bonchev–Trinajstić information content (AvgIpc) is 3.72. The lowest BCUT2D eigenvalue weighted by Crippen LogP contribution is -2.58. The molecule has 184 valence electrons. The molecule has 2 N–H and O–H groups in total. The number of amides is 2. The lowest BCUT2D eigenvalue weighted by atomic mass is 10.00. The maximum absolute atomic E-state index is 13.0. The van der Waals surface area contributed by atoms with Crippen molar-refractivity contribution in [2.45, 2.75) is 51.0 Å². The minimum absolute atomic E-state index is 0.0433. The number of anilines is 2. The summed E-state index contributed by atoms with van der Waals surface area (Å²) in [6.45, 7) is 8.84. The van der Waals surface area contributed by atoms with Gasteiger partial charge in [0.25, 0.3) is 0 Å². The first-order valence-electron chi connectivity index (χ1n) is 12.7. The maximum Gasteiger partial charge on any atom is 0.242 e. The number of pyridine rings is 2. The van der Waals surface area contributed by atoms with Crippen molar-refractivity contribution in [2.75, 3.05) is 43.4 Å². The Morgan fingerprint density at radius 1 is 1.26 bits per heavy atom. The Morgan fingerprint density at radius 2 is 2.09 bits per heavy atom. The van der Waals surface area contributed by atoms with Gasteiger partial charge in [-0.05, 0) is 49.1 Å². The predicted octanol–water partition coefficient (Wildman–Crippen LogP) is 3.30. The molecule has 2 aromatic rings. The number of hydrogen-bond donors (Lipinski definition) is 1. The molecule has 0 bridgehead atoms. The van der Waals surface area contributed by atoms with Crippen LogP contribution in [0, 0.1) is 0 Å². The number of nitrogen functional groups attached to an aromatic ring is 1. The summed E-state index contributed by atoms with van der Waals surface area (Å²) >= 11 is 0. The van der Waals surface area contributed by atoms with E-state index in [2.05, 4.69) is 29.5 Å². The Kier molecular flexibility index (Phi) is 6.45. The van der Waals surface area contributed by atoms with E-state index in [1.165, 1.54) is 0 Å². The molecule has 0 radical (unpaired) electrons. The molecule has 2 amide bonds. The van der Waals surface area contributed by atoms with Gasteiger partial charge in [0.05, 0.1) is 23.6 Å². The van der Waals surface area contributed by atoms with E-state index in [1.807, 2.05) is 17.0 Å². The summed E-state index contributed by atoms with van der Waals surface area (Å²) in [4.78, 5) is 40.0. The Balaban J connectivity index is 1.39. The number of carbonyl (C=O) groups excluding carboxylic acids is 2. The summed E-state index contributed by atoms with van der Waals surface area (Å²) in [6, 6.07) is 6.16. The number of aromatic nitrogens is 2. The van der Waals surface area contributed by atoms with Gasteiger partial charge < -0.3 is 20.4 Å². The first-order valence-corrected chi connectivity index (χ1v) is 12.7. The summed E-state index contributed by atoms with van der Waals surface area (Å²) in [5, 5.41) is 0. The second kappa shape index (κ2) is 9.68. The first kappa shape index (κ1) is 23.3. The Bertz CT molecular complexity index is 1140. The summed E-state index contributed by atoms with van der Waals surface area (Å²) in [5.41, 5.74) is 11.3. The molecule has 35 heavy (non-hydrogen) atoms. The summed E-state index contributed by atoms with van der Waals surface area (Å²) in [7, 11) is 0. The zero-order valence-electron chi connectivity index (χ0n) is 20.4. The monoisotopic (exact) mass is 474 g/mol. The van der Waals surface area contributed by atoms with Gasteiger partial charge in [-0.1, -0.05) is 19.9 Å². The molecular weight excluding hydrogens is 440 g/mol. The van der Waals surface area contributed by atoms with E-state index in [0.717, 1.165) is 54.0 Å². The van der Waals surface area contributed by atoms with Gasteiger partial charge in [-0.25, -0.2) is 4.98 Å². The highest BCUT2D eigenvalue weighted by molar-refractivity contribution is 5.88. The molecule has 0 aromatic carbocycles. The third-order valence-corrected chi connectivity index (χ3v) is 7.32. The molecule has 1 aliphatic carbocycles. The van der Waals surface area contributed by atoms with Crippen LogP contribution in [0.4, 0.5) is 11.5 Å². The highest BCUT2D eigenvalue weighted by Gasteiger charge is 2.35. The molecule has 4 heterocycles. The van der Waals surface area contributed by atoms with Gasteiger partial charge >= 0.3 is 0 Å². The number of piperazine rings is 1. The normalized spacial score (nSPS) is 20.1. The molecule has 2 aliphatic heterocycles. The fourth-order valence-electron chi connectivity index (χ4n) is 5.15. The largest absolute Gasteiger partial charge is 0.396 e. The number of rotatable bonds is 8. The van der Waals surface area contributed by atoms with E-state index in [4.69, 9.17) is 10.7 Å². The third-order valence-electron chi connectivity index (χ3n) is 7.32. The maximum atomic E-state index is 13.0. The van der Waals surface area contributed by atoms with Crippen LogP contribution in [0.3, 0.4) is 0 Å². The van der Waals surface area contributed by atoms with Crippen LogP contribution in [-0.2, 0) is 9.59 Å². The molecule has 8 heteroatoms. The first-order chi connectivity index (χ1) is 17.0. The molecule has 1 saturated carbocycles. The van der Waals surface area contributed by atoms with Crippen molar-refractivity contribution in [1.29, 1.82) is 0 Å². The van der Waals surface area contributed by atoms with Crippen molar-refractivity contribution in [3.05, 3.63) is 42.4 Å². The zero-order valence-corrected chi connectivity index (χ0v) is 20.4. The number of hydrogen-bond acceptors (Lipinski definition) is 6. The van der Waals surface area contributed by atoms with Crippen molar-refractivity contribution in [3.63, 3.8) is 0 Å². The van der Waals surface area contributed by atoms with E-state index < -0.39 is 0 Å². The highest BCUT2D eigenvalue weighted by Crippen LogP contribution is 2.45. The fourth-order valence-corrected chi connectivity index (χ4v) is 5.15. The standard InChI is InChI=1S/C27H34N6O2/c1-3-5-21-16-32(12-13-33(21)25(35)17-31-11-9-24(31)34)27-23(28)15-22(26(30-27)18-6-7-18)19-8-10-29-20(4-2)14-19/h4,8,10,14-15,18,21H,2-3,5-7,9,11-13,16-17,28H2,1H3/t21-/m1/s1. The average molecular weight is 475 g/mol. The van der Waals surface area contributed by atoms with Gasteiger partial charge in [0.1, 0.15) is 0 Å². The number of likely N-dealkylation sites (tertiary alicyclic amines) is 1. The van der Waals surface area contributed by atoms with Crippen LogP contribution in [0.15, 0.2) is 31.0 Å². The topological polar surface area (TPSA) is 95.7 Å². The van der Waals surface area contributed by atoms with Gasteiger partial charge in [0, 0.05) is 56.3 Å². The molecule has 0 unspecified atom stereocenters. The summed E-state index contributed by atoms with van der Waals surface area (Å²) in [5.74, 6) is 1.39. The van der Waals surface area contributed by atoms with Crippen LogP contribution in [0.1, 0.15) is 56.3 Å². The highest BCUT2D eigenvalue weighted by atomic mass is 16.2. The quantitative estimate of drug-likeness (QED) is 0.590. The van der Waals surface area contributed by atoms with Gasteiger partial charge in [-0.2, -0.15) is 0 Å². The van der Waals surface area contributed by atoms with Crippen LogP contribution in [0.25, 0.3) is 17.2 Å². The van der Waals surface area contributed by atoms with E-state index in [1.54, 1.807) is 17.2 Å². The lowest BCUT2D eigenvalue weighted by Gasteiger charge is -2.43. The fraction of sp³-hybridized carbons (Fsp3) is 0.481. The van der Waals surface area contributed by atoms with Crippen LogP contribution < -0.4 is 10.6 Å². The molecule has 8 nitrogen and oxygen atoms in total. The van der Waals surface area contributed by atoms with Crippen LogP contribution in [-0.4, -0.2) is 70.3 Å². The van der Waals surface area contributed by atoms with Gasteiger partial charge in [-0.15, -0.1) is 0 Å². The molecule has 3 aliphatic rings. The molecule has 0 spiro atoms. The second-order valence-electron chi connectivity index (χ2n) is 9.82. The summed E-state index contributed by atoms with van der Waals surface area (Å²) in [6.07, 6.45) is 8.26. The molecule has 2 saturated heterocycles. The molecule has 2 aromatic heterocycles. The SMILES string of the molecule is C=Cc1cc(-c2cc(N)c(N3CCN(C(=O)CN4CCC4=O)[C@H](CCC)C3)nc2C2CC2)ccn1. The predicted molar refractivity (Wildman–Crippen MR) is 138 cm³/mol. The molecule has 5 rings (SSSR count). The van der Waals surface area contributed by atoms with Gasteiger partial charge in [0.2, 0.25) is 11.8 Å². The summed E-state index contributed by atoms with van der Waals surface area (Å²) < 4.78 is 0. The number of carbonyl (C=O) groups is 2. The second-order valence-corrected chi connectivity index (χ2v) is 9.82. The molecular formula is C27H34N6O2. The molecule has 1 atom stereocenters. The Labute approximate surface area is 206 Å². The molecule has 3 fully saturated rings. The number of nitrogens with two attached hydrogens (primary N) is 1. The zero-order chi connectivity index (χ0) is 24.5. The van der Waals surface area contributed by atoms with E-state index in [-0.39, 0.29) is 24.4 Å². The smallest absolute Gasteiger partial charge is 0.242 e. The van der Waals surface area contributed by atoms with Crippen molar-refractivity contribution in [2.24, 2.45) is 0 Å². The lowest BCUT2D eigenvalue weighted by molar-refractivity contribution is -0.148. The number of nitrogens with zero attached hydrogens (tertiary/aromatic N) is 5. The Hall–Kier alpha value is -3.42. The van der Waals surface area contributed by atoms with Crippen molar-refractivity contribution in [3.8, 4) is 11.1 Å². The van der Waals surface area contributed by atoms with Crippen molar-refractivity contribution in [1.82, 2.24) is 19.8 Å².